The minimum atomic E-state index is 0.753. The van der Waals surface area contributed by atoms with E-state index < -0.39 is 0 Å². The third-order valence-electron chi connectivity index (χ3n) is 2.00. The van der Waals surface area contributed by atoms with Crippen LogP contribution in [-0.2, 0) is 0 Å². The molecule has 0 fully saturated rings. The Hall–Kier alpha value is -1.25. The number of aryl methyl sites for hydroxylation is 1. The van der Waals surface area contributed by atoms with Crippen molar-refractivity contribution in [2.24, 2.45) is 0 Å². The van der Waals surface area contributed by atoms with E-state index in [9.17, 15) is 0 Å². The van der Waals surface area contributed by atoms with Crippen LogP contribution in [0.25, 0.3) is 0 Å². The Morgan fingerprint density at radius 1 is 1.58 bits per heavy atom. The van der Waals surface area contributed by atoms with Gasteiger partial charge in [0.15, 0.2) is 0 Å². The first-order valence-electron chi connectivity index (χ1n) is 4.08. The summed E-state index contributed by atoms with van der Waals surface area (Å²) in [4.78, 5) is 6.29. The number of anilines is 2. The highest BCUT2D eigenvalue weighted by atomic mass is 15.1. The Labute approximate surface area is 73.2 Å². The number of nitrogen functional groups attached to an aromatic ring is 1. The minimum Gasteiger partial charge on any atom is -0.397 e. The molecule has 0 saturated carbocycles. The normalized spacial score (nSPS) is 9.92. The summed E-state index contributed by atoms with van der Waals surface area (Å²) < 4.78 is 0. The van der Waals surface area contributed by atoms with Crippen molar-refractivity contribution in [3.63, 3.8) is 0 Å². The maximum atomic E-state index is 5.65. The summed E-state index contributed by atoms with van der Waals surface area (Å²) in [6, 6.07) is 2.00. The molecule has 0 aromatic carbocycles. The average Bonchev–Trinajstić information content (AvgIpc) is 2.08. The SMILES string of the molecule is CCN(C)c1cc(C)c(N)cn1. The highest BCUT2D eigenvalue weighted by Crippen LogP contribution is 2.15. The Bertz CT molecular complexity index is 270. The molecule has 66 valence electrons. The van der Waals surface area contributed by atoms with Gasteiger partial charge < -0.3 is 10.6 Å². The van der Waals surface area contributed by atoms with Crippen LogP contribution in [0.15, 0.2) is 12.3 Å². The van der Waals surface area contributed by atoms with Gasteiger partial charge in [0, 0.05) is 13.6 Å². The Balaban J connectivity index is 2.96. The zero-order valence-electron chi connectivity index (χ0n) is 7.83. The summed E-state index contributed by atoms with van der Waals surface area (Å²) in [5.74, 6) is 0.976. The van der Waals surface area contributed by atoms with Crippen LogP contribution in [0.4, 0.5) is 11.5 Å². The van der Waals surface area contributed by atoms with E-state index in [-0.39, 0.29) is 0 Å². The van der Waals surface area contributed by atoms with Crippen molar-refractivity contribution in [3.05, 3.63) is 17.8 Å². The molecule has 0 aliphatic carbocycles. The molecule has 1 aromatic heterocycles. The molecular weight excluding hydrogens is 150 g/mol. The van der Waals surface area contributed by atoms with Crippen LogP contribution in [0.5, 0.6) is 0 Å². The quantitative estimate of drug-likeness (QED) is 0.720. The highest BCUT2D eigenvalue weighted by Gasteiger charge is 2.00. The summed E-state index contributed by atoms with van der Waals surface area (Å²) in [5.41, 5.74) is 7.49. The molecule has 0 radical (unpaired) electrons. The van der Waals surface area contributed by atoms with Crippen LogP contribution in [0, 0.1) is 6.92 Å². The second kappa shape index (κ2) is 3.43. The van der Waals surface area contributed by atoms with Gasteiger partial charge in [-0.25, -0.2) is 4.98 Å². The van der Waals surface area contributed by atoms with Crippen LogP contribution < -0.4 is 10.6 Å². The minimum absolute atomic E-state index is 0.753. The molecule has 3 nitrogen and oxygen atoms in total. The first-order chi connectivity index (χ1) is 5.65. The first-order valence-corrected chi connectivity index (χ1v) is 4.08. The third kappa shape index (κ3) is 1.67. The van der Waals surface area contributed by atoms with Crippen molar-refractivity contribution in [1.29, 1.82) is 0 Å². The molecule has 0 amide bonds. The molecule has 3 heteroatoms. The molecule has 2 N–H and O–H groups in total. The first kappa shape index (κ1) is 8.84. The zero-order chi connectivity index (χ0) is 9.14. The molecular formula is C9H15N3. The second-order valence-electron chi connectivity index (χ2n) is 2.91. The lowest BCUT2D eigenvalue weighted by molar-refractivity contribution is 0.937. The van der Waals surface area contributed by atoms with Gasteiger partial charge >= 0.3 is 0 Å². The summed E-state index contributed by atoms with van der Waals surface area (Å²) >= 11 is 0. The van der Waals surface area contributed by atoms with Gasteiger partial charge in [0.25, 0.3) is 0 Å². The fraction of sp³-hybridized carbons (Fsp3) is 0.444. The predicted molar refractivity (Wildman–Crippen MR) is 52.3 cm³/mol. The molecule has 0 bridgehead atoms. The number of hydrogen-bond acceptors (Lipinski definition) is 3. The lowest BCUT2D eigenvalue weighted by Crippen LogP contribution is -2.17. The van der Waals surface area contributed by atoms with E-state index in [2.05, 4.69) is 16.8 Å². The number of pyridine rings is 1. The van der Waals surface area contributed by atoms with E-state index in [4.69, 9.17) is 5.73 Å². The van der Waals surface area contributed by atoms with E-state index in [0.717, 1.165) is 23.6 Å². The molecule has 12 heavy (non-hydrogen) atoms. The number of aromatic nitrogens is 1. The molecule has 0 atom stereocenters. The molecule has 0 aliphatic rings. The summed E-state index contributed by atoms with van der Waals surface area (Å²) in [6.07, 6.45) is 1.71. The van der Waals surface area contributed by atoms with Gasteiger partial charge in [-0.1, -0.05) is 0 Å². The van der Waals surface area contributed by atoms with Crippen molar-refractivity contribution in [1.82, 2.24) is 4.98 Å². The van der Waals surface area contributed by atoms with Gasteiger partial charge in [-0.05, 0) is 25.5 Å². The van der Waals surface area contributed by atoms with Crippen LogP contribution >= 0.6 is 0 Å². The molecule has 0 unspecified atom stereocenters. The monoisotopic (exact) mass is 165 g/mol. The maximum absolute atomic E-state index is 5.65. The predicted octanol–water partition coefficient (Wildman–Crippen LogP) is 1.43. The fourth-order valence-electron chi connectivity index (χ4n) is 0.922. The van der Waals surface area contributed by atoms with Gasteiger partial charge in [0.1, 0.15) is 5.82 Å². The lowest BCUT2D eigenvalue weighted by Gasteiger charge is -2.16. The fourth-order valence-corrected chi connectivity index (χ4v) is 0.922. The van der Waals surface area contributed by atoms with Crippen molar-refractivity contribution in [3.8, 4) is 0 Å². The van der Waals surface area contributed by atoms with Crippen molar-refractivity contribution < 1.29 is 0 Å². The van der Waals surface area contributed by atoms with Crippen LogP contribution in [0.3, 0.4) is 0 Å². The molecule has 1 aromatic rings. The topological polar surface area (TPSA) is 42.1 Å². The van der Waals surface area contributed by atoms with Crippen molar-refractivity contribution >= 4 is 11.5 Å². The maximum Gasteiger partial charge on any atom is 0.128 e. The van der Waals surface area contributed by atoms with E-state index in [1.165, 1.54) is 0 Å². The Kier molecular flexibility index (Phi) is 2.53. The van der Waals surface area contributed by atoms with Gasteiger partial charge in [0.05, 0.1) is 11.9 Å². The van der Waals surface area contributed by atoms with Crippen molar-refractivity contribution in [2.75, 3.05) is 24.2 Å². The Morgan fingerprint density at radius 2 is 2.25 bits per heavy atom. The van der Waals surface area contributed by atoms with Crippen LogP contribution in [-0.4, -0.2) is 18.6 Å². The van der Waals surface area contributed by atoms with Gasteiger partial charge in [-0.3, -0.25) is 0 Å². The molecule has 0 spiro atoms. The number of rotatable bonds is 2. The Morgan fingerprint density at radius 3 is 2.75 bits per heavy atom. The molecule has 1 heterocycles. The van der Waals surface area contributed by atoms with Crippen LogP contribution in [0.2, 0.25) is 0 Å². The van der Waals surface area contributed by atoms with E-state index >= 15 is 0 Å². The number of hydrogen-bond donors (Lipinski definition) is 1. The molecule has 0 saturated heterocycles. The van der Waals surface area contributed by atoms with Crippen molar-refractivity contribution in [2.45, 2.75) is 13.8 Å². The smallest absolute Gasteiger partial charge is 0.128 e. The number of nitrogens with two attached hydrogens (primary N) is 1. The summed E-state index contributed by atoms with van der Waals surface area (Å²) in [7, 11) is 2.01. The van der Waals surface area contributed by atoms with Gasteiger partial charge in [-0.2, -0.15) is 0 Å². The van der Waals surface area contributed by atoms with Crippen LogP contribution in [0.1, 0.15) is 12.5 Å². The van der Waals surface area contributed by atoms with E-state index in [1.54, 1.807) is 6.20 Å². The van der Waals surface area contributed by atoms with E-state index in [0.29, 0.717) is 0 Å². The second-order valence-corrected chi connectivity index (χ2v) is 2.91. The average molecular weight is 165 g/mol. The lowest BCUT2D eigenvalue weighted by atomic mass is 10.2. The largest absolute Gasteiger partial charge is 0.397 e. The number of nitrogens with zero attached hydrogens (tertiary/aromatic N) is 2. The highest BCUT2D eigenvalue weighted by molar-refractivity contribution is 5.51. The molecule has 1 rings (SSSR count). The summed E-state index contributed by atoms with van der Waals surface area (Å²) in [6.45, 7) is 5.04. The zero-order valence-corrected chi connectivity index (χ0v) is 7.83. The summed E-state index contributed by atoms with van der Waals surface area (Å²) in [5, 5.41) is 0. The van der Waals surface area contributed by atoms with Gasteiger partial charge in [0.2, 0.25) is 0 Å². The van der Waals surface area contributed by atoms with Gasteiger partial charge in [-0.15, -0.1) is 0 Å². The molecule has 0 aliphatic heterocycles. The van der Waals surface area contributed by atoms with E-state index in [1.807, 2.05) is 20.0 Å². The standard InChI is InChI=1S/C9H15N3/c1-4-12(3)9-5-7(2)8(10)6-11-9/h5-6H,4,10H2,1-3H3. The third-order valence-corrected chi connectivity index (χ3v) is 2.00.